The molecule has 0 spiro atoms. The summed E-state index contributed by atoms with van der Waals surface area (Å²) in [6, 6.07) is 1.12. The number of nitrogens with one attached hydrogen (secondary N) is 2. The Labute approximate surface area is 270 Å². The van der Waals surface area contributed by atoms with Crippen LogP contribution in [0.4, 0.5) is 5.82 Å². The Bertz CT molecular complexity index is 1310. The first-order chi connectivity index (χ1) is 21.7. The van der Waals surface area contributed by atoms with Crippen LogP contribution in [0.5, 0.6) is 0 Å². The number of hydrogen-bond acceptors (Lipinski definition) is 12. The van der Waals surface area contributed by atoms with Crippen LogP contribution in [0.25, 0.3) is 5.52 Å². The highest BCUT2D eigenvalue weighted by atomic mass is 31.2. The van der Waals surface area contributed by atoms with Gasteiger partial charge in [-0.15, -0.1) is 0 Å². The number of aliphatic hydroxyl groups is 2. The molecule has 6 atom stereocenters. The van der Waals surface area contributed by atoms with Gasteiger partial charge in [0.1, 0.15) is 47.8 Å². The summed E-state index contributed by atoms with van der Waals surface area (Å²) in [5, 5.41) is 31.9. The molecule has 3 rings (SSSR count). The number of nitrogens with zero attached hydrogens (tertiary/aromatic N) is 3. The molecule has 260 valence electrons. The van der Waals surface area contributed by atoms with Crippen molar-refractivity contribution in [2.75, 3.05) is 25.6 Å². The molecule has 0 unspecified atom stereocenters. The number of ether oxygens (including phenoxy) is 3. The van der Waals surface area contributed by atoms with Gasteiger partial charge in [-0.05, 0) is 44.7 Å². The summed E-state index contributed by atoms with van der Waals surface area (Å²) in [5.74, 6) is -0.711. The molecule has 0 radical (unpaired) electrons. The Morgan fingerprint density at radius 1 is 1.04 bits per heavy atom. The van der Waals surface area contributed by atoms with E-state index in [-0.39, 0.29) is 30.9 Å². The summed E-state index contributed by atoms with van der Waals surface area (Å²) >= 11 is 0. The summed E-state index contributed by atoms with van der Waals surface area (Å²) in [4.78, 5) is 29.6. The SMILES string of the molecule is CCC(CC)COC(=O)[C@H](C)NP(=O)(N[C@@H](C)C(=O)OCC(CC)CC)OC[C@H]1O[C@@H](c2ccc3c(N)ncnn23)[C@](C)(O)[C@@H]1O. The lowest BCUT2D eigenvalue weighted by Gasteiger charge is -2.28. The van der Waals surface area contributed by atoms with Crippen LogP contribution in [0.3, 0.4) is 0 Å². The normalized spacial score (nSPS) is 23.2. The van der Waals surface area contributed by atoms with Crippen molar-refractivity contribution < 1.29 is 43.1 Å². The molecule has 2 aromatic heterocycles. The summed E-state index contributed by atoms with van der Waals surface area (Å²) in [7, 11) is -4.22. The van der Waals surface area contributed by atoms with Crippen LogP contribution in [0.1, 0.15) is 85.9 Å². The van der Waals surface area contributed by atoms with Crippen LogP contribution in [0.15, 0.2) is 18.5 Å². The van der Waals surface area contributed by atoms with Crippen LogP contribution < -0.4 is 15.9 Å². The second kappa shape index (κ2) is 16.4. The van der Waals surface area contributed by atoms with E-state index in [1.165, 1.54) is 31.6 Å². The second-order valence-electron chi connectivity index (χ2n) is 12.1. The van der Waals surface area contributed by atoms with Crippen molar-refractivity contribution in [3.05, 3.63) is 24.2 Å². The molecule has 15 nitrogen and oxygen atoms in total. The third kappa shape index (κ3) is 9.03. The highest BCUT2D eigenvalue weighted by Crippen LogP contribution is 2.45. The van der Waals surface area contributed by atoms with Gasteiger partial charge < -0.3 is 34.7 Å². The minimum absolute atomic E-state index is 0.185. The summed E-state index contributed by atoms with van der Waals surface area (Å²) in [6.45, 7) is 12.3. The number of nitrogen functional groups attached to an aromatic ring is 1. The number of fused-ring (bicyclic) bond motifs is 1. The standard InChI is InChI=1S/C30H51N6O9P/c1-8-20(9-2)14-42-28(38)18(5)34-46(41,35-19(6)29(39)43-15-21(10-3)11-4)44-16-24-25(37)30(7,40)26(45-24)22-12-13-23-27(31)32-17-33-36(22)23/h12-13,17-21,24-26,37,40H,8-11,14-16H2,1-7H3,(H2,31,32,33)(H2,34,35,41)/t18-,19-,24+,25+,26-,30+/m0/s1. The molecule has 16 heteroatoms. The van der Waals surface area contributed by atoms with Crippen LogP contribution in [-0.4, -0.2) is 86.5 Å². The van der Waals surface area contributed by atoms with Crippen LogP contribution >= 0.6 is 7.67 Å². The van der Waals surface area contributed by atoms with Crippen LogP contribution in [0, 0.1) is 11.8 Å². The van der Waals surface area contributed by atoms with E-state index in [2.05, 4.69) is 20.3 Å². The van der Waals surface area contributed by atoms with Crippen molar-refractivity contribution in [1.29, 1.82) is 0 Å². The fraction of sp³-hybridized carbons (Fsp3) is 0.733. The van der Waals surface area contributed by atoms with Crippen LogP contribution in [-0.2, 0) is 32.9 Å². The molecule has 3 heterocycles. The molecule has 1 saturated heterocycles. The van der Waals surface area contributed by atoms with E-state index < -0.39 is 62.2 Å². The highest BCUT2D eigenvalue weighted by Gasteiger charge is 2.54. The first-order valence-electron chi connectivity index (χ1n) is 16.0. The number of carbonyl (C=O) groups excluding carboxylic acids is 2. The van der Waals surface area contributed by atoms with Gasteiger partial charge in [0.25, 0.3) is 0 Å². The maximum Gasteiger partial charge on any atom is 0.342 e. The monoisotopic (exact) mass is 670 g/mol. The van der Waals surface area contributed by atoms with E-state index >= 15 is 0 Å². The quantitative estimate of drug-likeness (QED) is 0.114. The van der Waals surface area contributed by atoms with Gasteiger partial charge in [0, 0.05) is 0 Å². The fourth-order valence-electron chi connectivity index (χ4n) is 5.19. The lowest BCUT2D eigenvalue weighted by atomic mass is 9.91. The number of aromatic nitrogens is 3. The maximum absolute atomic E-state index is 14.2. The molecule has 1 aliphatic heterocycles. The summed E-state index contributed by atoms with van der Waals surface area (Å²) in [5.41, 5.74) is 5.02. The first-order valence-corrected chi connectivity index (χ1v) is 17.6. The second-order valence-corrected chi connectivity index (χ2v) is 14.0. The Morgan fingerprint density at radius 3 is 2.07 bits per heavy atom. The zero-order valence-electron chi connectivity index (χ0n) is 27.8. The number of hydrogen-bond donors (Lipinski definition) is 5. The van der Waals surface area contributed by atoms with Gasteiger partial charge in [0.05, 0.1) is 25.5 Å². The molecule has 6 N–H and O–H groups in total. The third-order valence-electron chi connectivity index (χ3n) is 8.66. The molecule has 1 aliphatic rings. The number of carbonyl (C=O) groups is 2. The van der Waals surface area contributed by atoms with E-state index in [9.17, 15) is 24.4 Å². The van der Waals surface area contributed by atoms with Crippen molar-refractivity contribution in [2.45, 2.75) is 110 Å². The number of rotatable bonds is 18. The molecule has 2 aromatic rings. The van der Waals surface area contributed by atoms with Crippen molar-refractivity contribution in [3.63, 3.8) is 0 Å². The molecule has 1 fully saturated rings. The van der Waals surface area contributed by atoms with E-state index in [4.69, 9.17) is 24.5 Å². The van der Waals surface area contributed by atoms with Crippen molar-refractivity contribution in [1.82, 2.24) is 24.8 Å². The zero-order valence-corrected chi connectivity index (χ0v) is 28.7. The Kier molecular flexibility index (Phi) is 13.5. The minimum Gasteiger partial charge on any atom is -0.464 e. The Hall–Kier alpha value is -2.65. The number of nitrogens with two attached hydrogens (primary N) is 1. The summed E-state index contributed by atoms with van der Waals surface area (Å²) in [6.07, 6.45) is 0.854. The van der Waals surface area contributed by atoms with E-state index in [0.29, 0.717) is 11.2 Å². The smallest absolute Gasteiger partial charge is 0.342 e. The number of esters is 2. The van der Waals surface area contributed by atoms with E-state index in [0.717, 1.165) is 25.7 Å². The predicted molar refractivity (Wildman–Crippen MR) is 170 cm³/mol. The lowest BCUT2D eigenvalue weighted by molar-refractivity contribution is -0.147. The third-order valence-corrected chi connectivity index (χ3v) is 10.6. The van der Waals surface area contributed by atoms with Gasteiger partial charge in [-0.1, -0.05) is 53.4 Å². The van der Waals surface area contributed by atoms with E-state index in [1.54, 1.807) is 12.1 Å². The van der Waals surface area contributed by atoms with E-state index in [1.807, 2.05) is 27.7 Å². The lowest BCUT2D eigenvalue weighted by Crippen LogP contribution is -2.45. The molecule has 0 saturated carbocycles. The van der Waals surface area contributed by atoms with Gasteiger partial charge in [-0.3, -0.25) is 14.2 Å². The van der Waals surface area contributed by atoms with Crippen LogP contribution in [0.2, 0.25) is 0 Å². The van der Waals surface area contributed by atoms with Gasteiger partial charge in [0.2, 0.25) is 0 Å². The summed E-state index contributed by atoms with van der Waals surface area (Å²) < 4.78 is 38.4. The molecular weight excluding hydrogens is 619 g/mol. The van der Waals surface area contributed by atoms with Gasteiger partial charge in [-0.2, -0.15) is 5.10 Å². The topological polar surface area (TPSA) is 209 Å². The first kappa shape index (κ1) is 37.8. The highest BCUT2D eigenvalue weighted by molar-refractivity contribution is 7.54. The molecule has 0 bridgehead atoms. The average Bonchev–Trinajstić information content (AvgIpc) is 3.55. The average molecular weight is 671 g/mol. The molecule has 0 aliphatic carbocycles. The largest absolute Gasteiger partial charge is 0.464 e. The van der Waals surface area contributed by atoms with Gasteiger partial charge >= 0.3 is 19.6 Å². The zero-order chi connectivity index (χ0) is 34.2. The van der Waals surface area contributed by atoms with Gasteiger partial charge in [-0.25, -0.2) is 19.7 Å². The predicted octanol–water partition coefficient (Wildman–Crippen LogP) is 2.90. The van der Waals surface area contributed by atoms with Crippen molar-refractivity contribution in [2.24, 2.45) is 11.8 Å². The van der Waals surface area contributed by atoms with Crippen molar-refractivity contribution >= 4 is 30.9 Å². The van der Waals surface area contributed by atoms with Gasteiger partial charge in [0.15, 0.2) is 5.82 Å². The van der Waals surface area contributed by atoms with Crippen molar-refractivity contribution in [3.8, 4) is 0 Å². The number of aliphatic hydroxyl groups excluding tert-OH is 1. The number of anilines is 1. The Balaban J connectivity index is 1.78. The maximum atomic E-state index is 14.2. The Morgan fingerprint density at radius 2 is 1.57 bits per heavy atom. The molecule has 0 amide bonds. The molecular formula is C30H51N6O9P. The molecule has 46 heavy (non-hydrogen) atoms. The molecule has 0 aromatic carbocycles. The fourth-order valence-corrected chi connectivity index (χ4v) is 7.00. The minimum atomic E-state index is -4.22.